The number of halogens is 6. The van der Waals surface area contributed by atoms with Crippen LogP contribution in [-0.2, 0) is 21.9 Å². The summed E-state index contributed by atoms with van der Waals surface area (Å²) in [6.45, 7) is 6.65. The fourth-order valence-electron chi connectivity index (χ4n) is 2.21. The van der Waals surface area contributed by atoms with Crippen LogP contribution in [0, 0.1) is 5.92 Å². The van der Waals surface area contributed by atoms with Crippen molar-refractivity contribution in [3.05, 3.63) is 47.5 Å². The Balaban J connectivity index is 3.53. The van der Waals surface area contributed by atoms with Gasteiger partial charge in [-0.2, -0.15) is 26.3 Å². The predicted octanol–water partition coefficient (Wildman–Crippen LogP) is 4.90. The molecule has 1 aromatic carbocycles. The molecule has 0 saturated carbocycles. The molecule has 9 heteroatoms. The zero-order valence-electron chi connectivity index (χ0n) is 14.2. The number of carbonyl (C=O) groups is 1. The van der Waals surface area contributed by atoms with Crippen LogP contribution in [0.1, 0.15) is 30.5 Å². The highest BCUT2D eigenvalue weighted by Crippen LogP contribution is 2.36. The maximum absolute atomic E-state index is 12.9. The molecule has 144 valence electrons. The van der Waals surface area contributed by atoms with Gasteiger partial charge in [0.05, 0.1) is 18.2 Å². The largest absolute Gasteiger partial charge is 0.467 e. The Hall–Kier alpha value is -2.32. The van der Waals surface area contributed by atoms with E-state index in [1.807, 2.05) is 0 Å². The number of alkyl halides is 6. The summed E-state index contributed by atoms with van der Waals surface area (Å²) >= 11 is 0. The Morgan fingerprint density at radius 2 is 1.54 bits per heavy atom. The first-order chi connectivity index (χ1) is 11.8. The fraction of sp³-hybridized carbons (Fsp3) is 0.412. The lowest BCUT2D eigenvalue weighted by atomic mass is 9.87. The van der Waals surface area contributed by atoms with E-state index < -0.39 is 46.5 Å². The van der Waals surface area contributed by atoms with E-state index in [9.17, 15) is 31.1 Å². The lowest BCUT2D eigenvalue weighted by Gasteiger charge is -2.27. The third-order valence-corrected chi connectivity index (χ3v) is 3.74. The van der Waals surface area contributed by atoms with Crippen molar-refractivity contribution in [1.82, 2.24) is 0 Å². The molecule has 1 aromatic rings. The molecule has 0 heterocycles. The van der Waals surface area contributed by atoms with Crippen LogP contribution in [0.15, 0.2) is 35.8 Å². The van der Waals surface area contributed by atoms with Crippen LogP contribution in [0.2, 0.25) is 0 Å². The molecular formula is C17H17F6NO2. The second-order valence-electron chi connectivity index (χ2n) is 5.77. The molecule has 0 saturated heterocycles. The van der Waals surface area contributed by atoms with Gasteiger partial charge < -0.3 is 4.74 Å². The van der Waals surface area contributed by atoms with Crippen molar-refractivity contribution in [2.45, 2.75) is 31.7 Å². The van der Waals surface area contributed by atoms with Crippen LogP contribution in [0.3, 0.4) is 0 Å². The van der Waals surface area contributed by atoms with Gasteiger partial charge in [-0.3, -0.25) is 4.99 Å². The Labute approximate surface area is 146 Å². The van der Waals surface area contributed by atoms with Crippen molar-refractivity contribution in [1.29, 1.82) is 0 Å². The topological polar surface area (TPSA) is 38.7 Å². The van der Waals surface area contributed by atoms with Crippen LogP contribution in [0.4, 0.5) is 26.3 Å². The smallest absolute Gasteiger partial charge is 0.416 e. The maximum atomic E-state index is 12.9. The van der Waals surface area contributed by atoms with E-state index >= 15 is 0 Å². The standard InChI is InChI=1S/C17H17F6NO2/c1-5-15(10(2)3,14(25)26-4)24-9-11-6-12(16(18,19)20)8-13(7-11)17(21,22)23/h5-10H,1H2,2-4H3/b24-9+. The SMILES string of the molecule is C=CC(/N=C/c1cc(C(F)(F)F)cc(C(F)(F)F)c1)(C(=O)OC)C(C)C. The highest BCUT2D eigenvalue weighted by molar-refractivity contribution is 5.89. The van der Waals surface area contributed by atoms with E-state index in [2.05, 4.69) is 16.3 Å². The highest BCUT2D eigenvalue weighted by atomic mass is 19.4. The molecule has 0 aliphatic rings. The number of methoxy groups -OCH3 is 1. The molecule has 0 aromatic heterocycles. The summed E-state index contributed by atoms with van der Waals surface area (Å²) in [5, 5.41) is 0. The summed E-state index contributed by atoms with van der Waals surface area (Å²) in [4.78, 5) is 15.9. The maximum Gasteiger partial charge on any atom is 0.416 e. The van der Waals surface area contributed by atoms with Gasteiger partial charge in [-0.25, -0.2) is 4.79 Å². The number of aliphatic imine (C=N–C) groups is 1. The van der Waals surface area contributed by atoms with Crippen molar-refractivity contribution in [2.75, 3.05) is 7.11 Å². The van der Waals surface area contributed by atoms with Crippen molar-refractivity contribution in [3.8, 4) is 0 Å². The minimum atomic E-state index is -4.97. The molecule has 0 aliphatic heterocycles. The zero-order chi connectivity index (χ0) is 20.3. The normalized spacial score (nSPS) is 15.2. The quantitative estimate of drug-likeness (QED) is 0.315. The van der Waals surface area contributed by atoms with Crippen molar-refractivity contribution in [2.24, 2.45) is 10.9 Å². The molecule has 0 fully saturated rings. The summed E-state index contributed by atoms with van der Waals surface area (Å²) in [6, 6.07) is 1.05. The van der Waals surface area contributed by atoms with Gasteiger partial charge in [0.15, 0.2) is 5.54 Å². The molecule has 0 amide bonds. The first kappa shape index (κ1) is 21.7. The Morgan fingerprint density at radius 1 is 1.08 bits per heavy atom. The summed E-state index contributed by atoms with van der Waals surface area (Å²) in [5.41, 5.74) is -5.04. The number of hydrogen-bond donors (Lipinski definition) is 0. The molecular weight excluding hydrogens is 364 g/mol. The lowest BCUT2D eigenvalue weighted by Crippen LogP contribution is -2.41. The summed E-state index contributed by atoms with van der Waals surface area (Å²) < 4.78 is 81.9. The molecule has 0 aliphatic carbocycles. The van der Waals surface area contributed by atoms with Gasteiger partial charge in [-0.05, 0) is 29.7 Å². The molecule has 26 heavy (non-hydrogen) atoms. The van der Waals surface area contributed by atoms with E-state index in [1.165, 1.54) is 0 Å². The molecule has 1 unspecified atom stereocenters. The van der Waals surface area contributed by atoms with Gasteiger partial charge in [0.25, 0.3) is 0 Å². The van der Waals surface area contributed by atoms with E-state index in [0.717, 1.165) is 19.4 Å². The second-order valence-corrected chi connectivity index (χ2v) is 5.77. The summed E-state index contributed by atoms with van der Waals surface area (Å²) in [5.74, 6) is -1.33. The molecule has 0 spiro atoms. The molecule has 1 rings (SSSR count). The predicted molar refractivity (Wildman–Crippen MR) is 83.8 cm³/mol. The average Bonchev–Trinajstić information content (AvgIpc) is 2.53. The average molecular weight is 381 g/mol. The number of nitrogens with zero attached hydrogens (tertiary/aromatic N) is 1. The van der Waals surface area contributed by atoms with Crippen molar-refractivity contribution in [3.63, 3.8) is 0 Å². The summed E-state index contributed by atoms with van der Waals surface area (Å²) in [7, 11) is 1.09. The van der Waals surface area contributed by atoms with Gasteiger partial charge in [0.1, 0.15) is 0 Å². The monoisotopic (exact) mass is 381 g/mol. The molecule has 0 radical (unpaired) electrons. The number of esters is 1. The minimum absolute atomic E-state index is 0.0147. The number of rotatable bonds is 5. The van der Waals surface area contributed by atoms with Gasteiger partial charge in [0, 0.05) is 6.21 Å². The number of ether oxygens (including phenoxy) is 1. The van der Waals surface area contributed by atoms with Gasteiger partial charge in [0.2, 0.25) is 0 Å². The van der Waals surface area contributed by atoms with E-state index in [4.69, 9.17) is 0 Å². The molecule has 3 nitrogen and oxygen atoms in total. The van der Waals surface area contributed by atoms with Crippen LogP contribution in [0.5, 0.6) is 0 Å². The third kappa shape index (κ3) is 4.64. The van der Waals surface area contributed by atoms with E-state index in [-0.39, 0.29) is 6.07 Å². The lowest BCUT2D eigenvalue weighted by molar-refractivity contribution is -0.146. The molecule has 0 bridgehead atoms. The minimum Gasteiger partial charge on any atom is -0.467 e. The van der Waals surface area contributed by atoms with Gasteiger partial charge in [-0.15, -0.1) is 6.58 Å². The number of carbonyl (C=O) groups excluding carboxylic acids is 1. The first-order valence-corrected chi connectivity index (χ1v) is 7.34. The first-order valence-electron chi connectivity index (χ1n) is 7.34. The van der Waals surface area contributed by atoms with Crippen molar-refractivity contribution < 1.29 is 35.9 Å². The van der Waals surface area contributed by atoms with E-state index in [0.29, 0.717) is 12.1 Å². The molecule has 0 N–H and O–H groups in total. The number of hydrogen-bond acceptors (Lipinski definition) is 3. The Bertz CT molecular complexity index is 674. The third-order valence-electron chi connectivity index (χ3n) is 3.74. The van der Waals surface area contributed by atoms with Gasteiger partial charge >= 0.3 is 18.3 Å². The fourth-order valence-corrected chi connectivity index (χ4v) is 2.21. The van der Waals surface area contributed by atoms with Crippen LogP contribution < -0.4 is 0 Å². The second kappa shape index (κ2) is 7.51. The number of benzene rings is 1. The Kier molecular flexibility index (Phi) is 6.27. The molecule has 1 atom stereocenters. The zero-order valence-corrected chi connectivity index (χ0v) is 14.2. The van der Waals surface area contributed by atoms with E-state index in [1.54, 1.807) is 13.8 Å². The van der Waals surface area contributed by atoms with Crippen LogP contribution in [-0.4, -0.2) is 24.8 Å². The Morgan fingerprint density at radius 3 is 1.85 bits per heavy atom. The van der Waals surface area contributed by atoms with Crippen molar-refractivity contribution >= 4 is 12.2 Å². The van der Waals surface area contributed by atoms with Crippen LogP contribution in [0.25, 0.3) is 0 Å². The highest BCUT2D eigenvalue weighted by Gasteiger charge is 2.40. The van der Waals surface area contributed by atoms with Gasteiger partial charge in [-0.1, -0.05) is 19.9 Å². The van der Waals surface area contributed by atoms with Crippen LogP contribution >= 0.6 is 0 Å². The summed E-state index contributed by atoms with van der Waals surface area (Å²) in [6.07, 6.45) is -8.03.